The Kier molecular flexibility index (Phi) is 5.53. The van der Waals surface area contributed by atoms with E-state index < -0.39 is 11.9 Å². The molecule has 1 unspecified atom stereocenters. The summed E-state index contributed by atoms with van der Waals surface area (Å²) in [5, 5.41) is 14.7. The number of nitrogens with one attached hydrogen (secondary N) is 1. The van der Waals surface area contributed by atoms with Crippen LogP contribution >= 0.6 is 11.3 Å². The van der Waals surface area contributed by atoms with Gasteiger partial charge in [-0.05, 0) is 30.4 Å². The van der Waals surface area contributed by atoms with Crippen molar-refractivity contribution >= 4 is 29.0 Å². The maximum Gasteiger partial charge on any atom is 0.311 e. The number of thiazole rings is 1. The number of aromatic nitrogens is 1. The van der Waals surface area contributed by atoms with E-state index in [9.17, 15) is 14.7 Å². The molecule has 1 heterocycles. The van der Waals surface area contributed by atoms with Crippen molar-refractivity contribution < 1.29 is 14.7 Å². The third-order valence-corrected chi connectivity index (χ3v) is 5.87. The van der Waals surface area contributed by atoms with Gasteiger partial charge in [-0.3, -0.25) is 9.59 Å². The Labute approximate surface area is 172 Å². The number of carboxylic acids is 1. The summed E-state index contributed by atoms with van der Waals surface area (Å²) in [5.41, 5.74) is 3.57. The van der Waals surface area contributed by atoms with Gasteiger partial charge in [-0.25, -0.2) is 4.98 Å². The Morgan fingerprint density at radius 1 is 1.00 bits per heavy atom. The average Bonchev–Trinajstić information content (AvgIpc) is 3.23. The van der Waals surface area contributed by atoms with Crippen LogP contribution in [0, 0.1) is 5.92 Å². The lowest BCUT2D eigenvalue weighted by Crippen LogP contribution is -2.27. The third-order valence-electron chi connectivity index (χ3n) is 4.98. The minimum atomic E-state index is -0.955. The normalized spacial score (nSPS) is 16.1. The smallest absolute Gasteiger partial charge is 0.311 e. The molecule has 146 valence electrons. The molecule has 1 aliphatic rings. The molecule has 1 atom stereocenters. The molecule has 0 bridgehead atoms. The summed E-state index contributed by atoms with van der Waals surface area (Å²) in [7, 11) is 0. The Morgan fingerprint density at radius 2 is 1.69 bits per heavy atom. The van der Waals surface area contributed by atoms with Gasteiger partial charge in [0.15, 0.2) is 0 Å². The number of benzene rings is 2. The summed E-state index contributed by atoms with van der Waals surface area (Å²) in [6, 6.07) is 18.3. The fourth-order valence-electron chi connectivity index (χ4n) is 3.47. The molecule has 1 amide bonds. The molecule has 2 aromatic carbocycles. The minimum Gasteiger partial charge on any atom is -0.481 e. The molecule has 0 saturated carbocycles. The van der Waals surface area contributed by atoms with Crippen LogP contribution in [0.15, 0.2) is 71.6 Å². The number of anilines is 1. The lowest BCUT2D eigenvalue weighted by molar-refractivity contribution is -0.141. The van der Waals surface area contributed by atoms with Crippen LogP contribution in [0.3, 0.4) is 0 Å². The van der Waals surface area contributed by atoms with Crippen molar-refractivity contribution in [3.8, 4) is 21.7 Å². The molecule has 4 rings (SSSR count). The van der Waals surface area contributed by atoms with Crippen LogP contribution in [0.5, 0.6) is 0 Å². The Balaban J connectivity index is 1.48. The van der Waals surface area contributed by atoms with Gasteiger partial charge in [0.1, 0.15) is 10.8 Å². The zero-order valence-corrected chi connectivity index (χ0v) is 16.5. The van der Waals surface area contributed by atoms with Gasteiger partial charge in [0.2, 0.25) is 0 Å². The van der Waals surface area contributed by atoms with E-state index in [1.807, 2.05) is 30.3 Å². The van der Waals surface area contributed by atoms with Crippen molar-refractivity contribution in [3.05, 3.63) is 71.6 Å². The Bertz CT molecular complexity index is 1060. The summed E-state index contributed by atoms with van der Waals surface area (Å²) < 4.78 is 0. The maximum atomic E-state index is 12.6. The summed E-state index contributed by atoms with van der Waals surface area (Å²) in [5.74, 6) is -1.64. The van der Waals surface area contributed by atoms with Crippen LogP contribution in [0.1, 0.15) is 19.3 Å². The topological polar surface area (TPSA) is 79.3 Å². The molecule has 1 aromatic heterocycles. The number of nitrogens with zero attached hydrogens (tertiary/aromatic N) is 1. The molecule has 0 saturated heterocycles. The first-order valence-corrected chi connectivity index (χ1v) is 10.4. The van der Waals surface area contributed by atoms with Gasteiger partial charge >= 0.3 is 5.97 Å². The Hall–Kier alpha value is -3.25. The van der Waals surface area contributed by atoms with E-state index in [0.717, 1.165) is 34.5 Å². The molecule has 6 heteroatoms. The molecule has 29 heavy (non-hydrogen) atoms. The van der Waals surface area contributed by atoms with Crippen LogP contribution in [-0.2, 0) is 9.59 Å². The first kappa shape index (κ1) is 19.1. The van der Waals surface area contributed by atoms with E-state index in [-0.39, 0.29) is 5.91 Å². The van der Waals surface area contributed by atoms with Crippen LogP contribution < -0.4 is 5.32 Å². The lowest BCUT2D eigenvalue weighted by atomic mass is 9.87. The quantitative estimate of drug-likeness (QED) is 0.610. The highest BCUT2D eigenvalue weighted by Crippen LogP contribution is 2.30. The third kappa shape index (κ3) is 4.27. The summed E-state index contributed by atoms with van der Waals surface area (Å²) in [6.07, 6.45) is 3.73. The second-order valence-corrected chi connectivity index (χ2v) is 7.77. The van der Waals surface area contributed by atoms with E-state index in [1.54, 1.807) is 11.5 Å². The number of allylic oxidation sites excluding steroid dienone is 1. The van der Waals surface area contributed by atoms with Crippen molar-refractivity contribution in [3.63, 3.8) is 0 Å². The number of rotatable bonds is 5. The van der Waals surface area contributed by atoms with Crippen molar-refractivity contribution in [2.24, 2.45) is 5.92 Å². The maximum absolute atomic E-state index is 12.6. The highest BCUT2D eigenvalue weighted by atomic mass is 32.1. The van der Waals surface area contributed by atoms with Gasteiger partial charge in [-0.1, -0.05) is 60.7 Å². The first-order valence-electron chi connectivity index (χ1n) is 9.47. The molecular weight excluding hydrogens is 384 g/mol. The number of hydrogen-bond donors (Lipinski definition) is 2. The summed E-state index contributed by atoms with van der Waals surface area (Å²) in [4.78, 5) is 28.5. The molecule has 0 aliphatic heterocycles. The van der Waals surface area contributed by atoms with Gasteiger partial charge in [0.25, 0.3) is 5.91 Å². The van der Waals surface area contributed by atoms with Gasteiger partial charge in [-0.15, -0.1) is 11.3 Å². The second-order valence-electron chi connectivity index (χ2n) is 6.92. The van der Waals surface area contributed by atoms with Gasteiger partial charge in [0.05, 0.1) is 5.92 Å². The number of hydrogen-bond acceptors (Lipinski definition) is 4. The van der Waals surface area contributed by atoms with Crippen LogP contribution in [0.25, 0.3) is 21.7 Å². The lowest BCUT2D eigenvalue weighted by Gasteiger charge is -2.19. The fraction of sp³-hybridized carbons (Fsp3) is 0.174. The van der Waals surface area contributed by atoms with Gasteiger partial charge < -0.3 is 10.4 Å². The largest absolute Gasteiger partial charge is 0.481 e. The van der Waals surface area contributed by atoms with E-state index in [1.165, 1.54) is 11.3 Å². The van der Waals surface area contributed by atoms with Crippen molar-refractivity contribution in [2.45, 2.75) is 19.3 Å². The van der Waals surface area contributed by atoms with Crippen LogP contribution in [-0.4, -0.2) is 22.0 Å². The standard InChI is InChI=1S/C23H20N2O3S/c26-21(18-8-4-5-9-19(18)23(27)28)24-20-14-29-22(25-20)17-12-10-16(11-13-17)15-6-2-1-3-7-15/h1-3,6-8,10-14,19H,4-5,9H2,(H,24,26)(H,27,28). The highest BCUT2D eigenvalue weighted by molar-refractivity contribution is 7.13. The zero-order valence-electron chi connectivity index (χ0n) is 15.7. The molecule has 3 aromatic rings. The molecular formula is C23H20N2O3S. The Morgan fingerprint density at radius 3 is 2.41 bits per heavy atom. The van der Waals surface area contributed by atoms with Crippen molar-refractivity contribution in [2.75, 3.05) is 5.32 Å². The number of amides is 1. The fourth-order valence-corrected chi connectivity index (χ4v) is 4.23. The molecule has 2 N–H and O–H groups in total. The van der Waals surface area contributed by atoms with Crippen LogP contribution in [0.2, 0.25) is 0 Å². The number of carboxylic acid groups (broad SMARTS) is 1. The molecule has 0 spiro atoms. The van der Waals surface area contributed by atoms with Gasteiger partial charge in [-0.2, -0.15) is 0 Å². The summed E-state index contributed by atoms with van der Waals surface area (Å²) >= 11 is 1.44. The van der Waals surface area contributed by atoms with Crippen molar-refractivity contribution in [1.29, 1.82) is 0 Å². The van der Waals surface area contributed by atoms with Gasteiger partial charge in [0, 0.05) is 16.5 Å². The van der Waals surface area contributed by atoms with E-state index in [0.29, 0.717) is 17.8 Å². The first-order chi connectivity index (χ1) is 14.1. The number of aliphatic carboxylic acids is 1. The number of carbonyl (C=O) groups excluding carboxylic acids is 1. The number of carbonyl (C=O) groups is 2. The predicted octanol–water partition coefficient (Wildman–Crippen LogP) is 5.23. The SMILES string of the molecule is O=C(Nc1csc(-c2ccc(-c3ccccc3)cc2)n1)C1=CCCCC1C(=O)O. The highest BCUT2D eigenvalue weighted by Gasteiger charge is 2.29. The molecule has 1 aliphatic carbocycles. The minimum absolute atomic E-state index is 0.325. The van der Waals surface area contributed by atoms with E-state index >= 15 is 0 Å². The summed E-state index contributed by atoms with van der Waals surface area (Å²) in [6.45, 7) is 0. The predicted molar refractivity (Wildman–Crippen MR) is 115 cm³/mol. The zero-order chi connectivity index (χ0) is 20.2. The molecule has 0 fully saturated rings. The average molecular weight is 404 g/mol. The van der Waals surface area contributed by atoms with Crippen molar-refractivity contribution in [1.82, 2.24) is 4.98 Å². The monoisotopic (exact) mass is 404 g/mol. The van der Waals surface area contributed by atoms with E-state index in [2.05, 4.69) is 34.6 Å². The molecule has 5 nitrogen and oxygen atoms in total. The molecule has 0 radical (unpaired) electrons. The second kappa shape index (κ2) is 8.41. The van der Waals surface area contributed by atoms with Crippen LogP contribution in [0.4, 0.5) is 5.82 Å². The van der Waals surface area contributed by atoms with E-state index in [4.69, 9.17) is 0 Å².